The summed E-state index contributed by atoms with van der Waals surface area (Å²) in [7, 11) is 0. The van der Waals surface area contributed by atoms with E-state index in [1.165, 1.54) is 77.0 Å². The highest BCUT2D eigenvalue weighted by Gasteiger charge is 2.08. The van der Waals surface area contributed by atoms with E-state index >= 15 is 0 Å². The van der Waals surface area contributed by atoms with Gasteiger partial charge in [0, 0.05) is 13.1 Å². The molecule has 0 spiro atoms. The fourth-order valence-corrected chi connectivity index (χ4v) is 3.81. The zero-order valence-corrected chi connectivity index (χ0v) is 23.6. The predicted molar refractivity (Wildman–Crippen MR) is 156 cm³/mol. The highest BCUT2D eigenvalue weighted by Crippen LogP contribution is 2.15. The Labute approximate surface area is 220 Å². The van der Waals surface area contributed by atoms with Crippen LogP contribution >= 0.6 is 0 Å². The highest BCUT2D eigenvalue weighted by molar-refractivity contribution is 5.95. The van der Waals surface area contributed by atoms with Gasteiger partial charge in [-0.15, -0.1) is 0 Å². The topological polar surface area (TPSA) is 196 Å². The van der Waals surface area contributed by atoms with Crippen LogP contribution in [0.1, 0.15) is 118 Å². The molecule has 10 nitrogen and oxygen atoms in total. The zero-order valence-electron chi connectivity index (χ0n) is 23.6. The Morgan fingerprint density at radius 1 is 0.556 bits per heavy atom. The van der Waals surface area contributed by atoms with Gasteiger partial charge in [-0.05, 0) is 24.7 Å². The van der Waals surface area contributed by atoms with Gasteiger partial charge in [-0.2, -0.15) is 0 Å². The van der Waals surface area contributed by atoms with Crippen LogP contribution in [0.3, 0.4) is 0 Å². The van der Waals surface area contributed by atoms with Gasteiger partial charge in [0.25, 0.3) is 0 Å². The van der Waals surface area contributed by atoms with E-state index in [4.69, 9.17) is 33.1 Å². The quantitative estimate of drug-likeness (QED) is 0.0716. The molecule has 0 aliphatic rings. The lowest BCUT2D eigenvalue weighted by atomic mass is 9.97. The average Bonchev–Trinajstić information content (AvgIpc) is 2.82. The number of nitrogens with one attached hydrogen (secondary N) is 8. The first-order chi connectivity index (χ1) is 17.2. The van der Waals surface area contributed by atoms with Crippen LogP contribution in [0.25, 0.3) is 0 Å². The minimum Gasteiger partial charge on any atom is -0.370 e. The van der Waals surface area contributed by atoms with E-state index in [1.54, 1.807) is 0 Å². The molecule has 10 heteroatoms. The number of hydrogen-bond donors (Lipinski definition) is 10. The molecule has 0 amide bonds. The van der Waals surface area contributed by atoms with Gasteiger partial charge in [-0.25, -0.2) is 0 Å². The van der Waals surface area contributed by atoms with Crippen LogP contribution in [0.4, 0.5) is 0 Å². The molecule has 0 heterocycles. The smallest absolute Gasteiger partial charge is 0.195 e. The lowest BCUT2D eigenvalue weighted by Gasteiger charge is -2.17. The molecule has 0 aromatic rings. The summed E-state index contributed by atoms with van der Waals surface area (Å²) < 4.78 is 0. The maximum absolute atomic E-state index is 7.57. The predicted octanol–water partition coefficient (Wildman–Crippen LogP) is 4.76. The van der Waals surface area contributed by atoms with Gasteiger partial charge in [0.1, 0.15) is 0 Å². The van der Waals surface area contributed by atoms with Crippen LogP contribution in [0.5, 0.6) is 0 Å². The lowest BCUT2D eigenvalue weighted by Crippen LogP contribution is -2.44. The summed E-state index contributed by atoms with van der Waals surface area (Å²) >= 11 is 0. The Balaban J connectivity index is 0. The number of hydrogen-bond acceptors (Lipinski definition) is 4. The summed E-state index contributed by atoms with van der Waals surface area (Å²) in [6.45, 7) is 10.3. The summed E-state index contributed by atoms with van der Waals surface area (Å²) in [5, 5.41) is 39.8. The molecule has 0 saturated heterocycles. The molecule has 0 saturated carbocycles. The van der Waals surface area contributed by atoms with Crippen LogP contribution in [-0.2, 0) is 0 Å². The van der Waals surface area contributed by atoms with Gasteiger partial charge in [-0.3, -0.25) is 32.3 Å². The molecular weight excluding hydrogens is 452 g/mol. The van der Waals surface area contributed by atoms with E-state index in [2.05, 4.69) is 49.0 Å². The molecule has 0 bridgehead atoms. The molecule has 0 aromatic heterocycles. The van der Waals surface area contributed by atoms with Crippen molar-refractivity contribution in [1.82, 2.24) is 21.3 Å². The van der Waals surface area contributed by atoms with Gasteiger partial charge >= 0.3 is 0 Å². The number of unbranched alkanes of at least 4 members (excludes halogenated alkanes) is 8. The maximum Gasteiger partial charge on any atom is 0.195 e. The number of rotatable bonds is 18. The van der Waals surface area contributed by atoms with Crippen molar-refractivity contribution in [2.24, 2.45) is 23.3 Å². The van der Waals surface area contributed by atoms with Crippen molar-refractivity contribution in [3.63, 3.8) is 0 Å². The van der Waals surface area contributed by atoms with Gasteiger partial charge in [0.2, 0.25) is 0 Å². The van der Waals surface area contributed by atoms with Gasteiger partial charge < -0.3 is 22.1 Å². The molecule has 0 rings (SSSR count). The second-order valence-corrected chi connectivity index (χ2v) is 9.54. The van der Waals surface area contributed by atoms with E-state index in [0.717, 1.165) is 25.9 Å². The molecular formula is C26H58N10. The Hall–Kier alpha value is -2.52. The maximum atomic E-state index is 7.57. The Kier molecular flexibility index (Phi) is 25.3. The average molecular weight is 511 g/mol. The molecule has 212 valence electrons. The second kappa shape index (κ2) is 25.6. The molecule has 36 heavy (non-hydrogen) atoms. The first-order valence-electron chi connectivity index (χ1n) is 14.1. The molecule has 0 aliphatic carbocycles. The molecule has 2 unspecified atom stereocenters. The highest BCUT2D eigenvalue weighted by atomic mass is 15.2. The van der Waals surface area contributed by atoms with Crippen molar-refractivity contribution in [2.45, 2.75) is 118 Å². The fourth-order valence-electron chi connectivity index (χ4n) is 3.81. The van der Waals surface area contributed by atoms with E-state index in [-0.39, 0.29) is 23.8 Å². The Morgan fingerprint density at radius 3 is 1.28 bits per heavy atom. The lowest BCUT2D eigenvalue weighted by molar-refractivity contribution is 0.431. The van der Waals surface area contributed by atoms with Crippen LogP contribution < -0.4 is 32.7 Å². The molecule has 2 atom stereocenters. The summed E-state index contributed by atoms with van der Waals surface area (Å²) in [6, 6.07) is 0. The minimum atomic E-state index is -0.200. The summed E-state index contributed by atoms with van der Waals surface area (Å²) in [4.78, 5) is 0. The molecule has 0 fully saturated rings. The fraction of sp³-hybridized carbons (Fsp3) is 0.846. The first-order valence-corrected chi connectivity index (χ1v) is 14.1. The Bertz CT molecular complexity index is 579. The van der Waals surface area contributed by atoms with Crippen molar-refractivity contribution in [3.05, 3.63) is 0 Å². The third kappa shape index (κ3) is 26.1. The largest absolute Gasteiger partial charge is 0.370 e. The van der Waals surface area contributed by atoms with E-state index < -0.39 is 0 Å². The summed E-state index contributed by atoms with van der Waals surface area (Å²) in [5.41, 5.74) is 10.3. The van der Waals surface area contributed by atoms with Crippen molar-refractivity contribution in [3.8, 4) is 0 Å². The van der Waals surface area contributed by atoms with E-state index in [0.29, 0.717) is 11.8 Å². The van der Waals surface area contributed by atoms with Crippen LogP contribution in [0.15, 0.2) is 0 Å². The van der Waals surface area contributed by atoms with Gasteiger partial charge in [-0.1, -0.05) is 105 Å². The van der Waals surface area contributed by atoms with E-state index in [9.17, 15) is 0 Å². The van der Waals surface area contributed by atoms with Gasteiger partial charge in [0.15, 0.2) is 23.8 Å². The third-order valence-electron chi connectivity index (χ3n) is 6.24. The number of guanidine groups is 4. The normalized spacial score (nSPS) is 11.9. The zero-order chi connectivity index (χ0) is 27.6. The second-order valence-electron chi connectivity index (χ2n) is 9.54. The van der Waals surface area contributed by atoms with Crippen molar-refractivity contribution in [2.75, 3.05) is 13.1 Å². The standard InChI is InChI=1S/C16H35N5.C10H23N5/c1-3-5-6-7-8-9-10-11-12-14(4-2)13-20-16(19)21-15(17)18;1-3-5-6-8(4-2)7-14-10(13)15-9(11)12/h14H,3-13H2,1-2H3,(H6,17,18,19,20,21);8H,3-7H2,1-2H3,(H6,11,12,13,14,15). The third-order valence-corrected chi connectivity index (χ3v) is 6.24. The van der Waals surface area contributed by atoms with E-state index in [1.807, 2.05) is 0 Å². The van der Waals surface area contributed by atoms with Crippen molar-refractivity contribution < 1.29 is 0 Å². The summed E-state index contributed by atoms with van der Waals surface area (Å²) in [6.07, 6.45) is 17.9. The van der Waals surface area contributed by atoms with Crippen molar-refractivity contribution in [1.29, 1.82) is 21.6 Å². The number of nitrogens with two attached hydrogens (primary N) is 2. The van der Waals surface area contributed by atoms with Crippen molar-refractivity contribution >= 4 is 23.8 Å². The van der Waals surface area contributed by atoms with Crippen LogP contribution in [-0.4, -0.2) is 36.9 Å². The molecule has 12 N–H and O–H groups in total. The summed E-state index contributed by atoms with van der Waals surface area (Å²) in [5.74, 6) is 1.03. The SMILES string of the molecule is CCCCC(CC)CNC(=N)NC(=N)N.CCCCCCCCCCC(CC)CNC(=N)NC(=N)N. The molecule has 0 aliphatic heterocycles. The molecule has 0 radical (unpaired) electrons. The first kappa shape index (κ1) is 35.6. The monoisotopic (exact) mass is 510 g/mol. The van der Waals surface area contributed by atoms with Crippen LogP contribution in [0, 0.1) is 33.5 Å². The molecule has 0 aromatic carbocycles. The van der Waals surface area contributed by atoms with Crippen LogP contribution in [0.2, 0.25) is 0 Å². The Morgan fingerprint density at radius 2 is 0.917 bits per heavy atom. The minimum absolute atomic E-state index is 0.109. The van der Waals surface area contributed by atoms with Gasteiger partial charge in [0.05, 0.1) is 0 Å².